The third-order valence-electron chi connectivity index (χ3n) is 3.20. The van der Waals surface area contributed by atoms with Gasteiger partial charge in [-0.05, 0) is 19.4 Å². The van der Waals surface area contributed by atoms with E-state index in [1.165, 1.54) is 0 Å². The van der Waals surface area contributed by atoms with Crippen molar-refractivity contribution in [2.24, 2.45) is 0 Å². The maximum Gasteiger partial charge on any atom is 0.326 e. The Hall–Kier alpha value is -1.30. The number of hydrogen-bond acceptors (Lipinski definition) is 3. The first-order valence-corrected chi connectivity index (χ1v) is 6.59. The number of urea groups is 1. The van der Waals surface area contributed by atoms with E-state index in [1.807, 2.05) is 0 Å². The van der Waals surface area contributed by atoms with E-state index in [2.05, 4.69) is 17.1 Å². The Bertz CT molecular complexity index is 288. The second kappa shape index (κ2) is 7.20. The van der Waals surface area contributed by atoms with Gasteiger partial charge in [0.05, 0.1) is 0 Å². The lowest BCUT2D eigenvalue weighted by atomic mass is 10.2. The molecule has 0 aromatic rings. The quantitative estimate of drug-likeness (QED) is 0.756. The summed E-state index contributed by atoms with van der Waals surface area (Å²) < 4.78 is 0. The van der Waals surface area contributed by atoms with E-state index in [-0.39, 0.29) is 6.03 Å². The third-order valence-corrected chi connectivity index (χ3v) is 3.20. The Labute approximate surface area is 108 Å². The van der Waals surface area contributed by atoms with Crippen molar-refractivity contribution in [3.63, 3.8) is 0 Å². The molecule has 0 aromatic carbocycles. The van der Waals surface area contributed by atoms with Crippen molar-refractivity contribution < 1.29 is 14.7 Å². The van der Waals surface area contributed by atoms with Crippen LogP contribution in [0.1, 0.15) is 26.7 Å². The molecular weight excluding hydrogens is 234 g/mol. The largest absolute Gasteiger partial charge is 0.480 e. The minimum Gasteiger partial charge on any atom is -0.480 e. The predicted molar refractivity (Wildman–Crippen MR) is 68.6 cm³/mol. The van der Waals surface area contributed by atoms with Crippen LogP contribution in [-0.2, 0) is 4.79 Å². The second-order valence-electron chi connectivity index (χ2n) is 4.58. The van der Waals surface area contributed by atoms with E-state index < -0.39 is 12.0 Å². The molecule has 2 amide bonds. The smallest absolute Gasteiger partial charge is 0.326 e. The molecule has 2 N–H and O–H groups in total. The minimum atomic E-state index is -0.976. The molecule has 0 saturated carbocycles. The monoisotopic (exact) mass is 257 g/mol. The number of hydrogen-bond donors (Lipinski definition) is 2. The van der Waals surface area contributed by atoms with Crippen molar-refractivity contribution in [3.05, 3.63) is 0 Å². The highest BCUT2D eigenvalue weighted by atomic mass is 16.4. The summed E-state index contributed by atoms with van der Waals surface area (Å²) in [5, 5.41) is 11.4. The van der Waals surface area contributed by atoms with Crippen molar-refractivity contribution in [2.45, 2.75) is 32.7 Å². The number of carboxylic acid groups (broad SMARTS) is 1. The van der Waals surface area contributed by atoms with Crippen LogP contribution in [0.2, 0.25) is 0 Å². The van der Waals surface area contributed by atoms with Gasteiger partial charge in [0.25, 0.3) is 0 Å². The highest BCUT2D eigenvalue weighted by Crippen LogP contribution is 2.03. The number of carboxylic acids is 1. The van der Waals surface area contributed by atoms with Gasteiger partial charge in [0, 0.05) is 26.2 Å². The summed E-state index contributed by atoms with van der Waals surface area (Å²) >= 11 is 0. The molecule has 1 aliphatic rings. The highest BCUT2D eigenvalue weighted by molar-refractivity contribution is 5.82. The molecule has 1 atom stereocenters. The summed E-state index contributed by atoms with van der Waals surface area (Å²) in [7, 11) is 0. The first-order valence-electron chi connectivity index (χ1n) is 6.59. The van der Waals surface area contributed by atoms with E-state index in [4.69, 9.17) is 5.11 Å². The van der Waals surface area contributed by atoms with Gasteiger partial charge in [-0.15, -0.1) is 0 Å². The number of nitrogens with zero attached hydrogens (tertiary/aromatic N) is 2. The zero-order chi connectivity index (χ0) is 13.5. The summed E-state index contributed by atoms with van der Waals surface area (Å²) in [6.07, 6.45) is 1.51. The second-order valence-corrected chi connectivity index (χ2v) is 4.58. The lowest BCUT2D eigenvalue weighted by Gasteiger charge is -2.35. The molecule has 1 saturated heterocycles. The average Bonchev–Trinajstić information content (AvgIpc) is 2.36. The van der Waals surface area contributed by atoms with Gasteiger partial charge in [0.15, 0.2) is 0 Å². The Balaban J connectivity index is 2.38. The van der Waals surface area contributed by atoms with Crippen LogP contribution in [0.5, 0.6) is 0 Å². The normalized spacial score (nSPS) is 18.4. The molecule has 0 bridgehead atoms. The number of amides is 2. The van der Waals surface area contributed by atoms with Crippen LogP contribution in [0.4, 0.5) is 4.79 Å². The first kappa shape index (κ1) is 14.8. The van der Waals surface area contributed by atoms with Gasteiger partial charge < -0.3 is 15.3 Å². The van der Waals surface area contributed by atoms with Gasteiger partial charge in [-0.1, -0.05) is 13.8 Å². The predicted octanol–water partition coefficient (Wildman–Crippen LogP) is 0.587. The van der Waals surface area contributed by atoms with Crippen LogP contribution in [0.25, 0.3) is 0 Å². The summed E-state index contributed by atoms with van der Waals surface area (Å²) in [6.45, 7) is 8.01. The van der Waals surface area contributed by atoms with Crippen molar-refractivity contribution in [2.75, 3.05) is 32.7 Å². The van der Waals surface area contributed by atoms with E-state index in [1.54, 1.807) is 11.8 Å². The van der Waals surface area contributed by atoms with Gasteiger partial charge >= 0.3 is 12.0 Å². The average molecular weight is 257 g/mol. The van der Waals surface area contributed by atoms with Crippen LogP contribution in [0, 0.1) is 0 Å². The van der Waals surface area contributed by atoms with Crippen molar-refractivity contribution >= 4 is 12.0 Å². The van der Waals surface area contributed by atoms with Crippen molar-refractivity contribution in [1.82, 2.24) is 15.1 Å². The lowest BCUT2D eigenvalue weighted by Crippen LogP contribution is -2.54. The number of piperazine rings is 1. The molecule has 0 aromatic heterocycles. The molecule has 104 valence electrons. The fourth-order valence-corrected chi connectivity index (χ4v) is 2.07. The van der Waals surface area contributed by atoms with Gasteiger partial charge in [0.1, 0.15) is 6.04 Å². The molecule has 6 heteroatoms. The summed E-state index contributed by atoms with van der Waals surface area (Å²) in [5.74, 6) is -0.976. The SMILES string of the molecule is CCCN1CCN(C(=O)NC(CC)C(=O)O)CC1. The molecule has 0 spiro atoms. The number of aliphatic carboxylic acids is 1. The van der Waals surface area contributed by atoms with Gasteiger partial charge in [-0.3, -0.25) is 4.90 Å². The maximum atomic E-state index is 11.9. The third kappa shape index (κ3) is 4.18. The van der Waals surface area contributed by atoms with Gasteiger partial charge in [-0.25, -0.2) is 9.59 Å². The van der Waals surface area contributed by atoms with E-state index in [9.17, 15) is 9.59 Å². The molecule has 0 radical (unpaired) electrons. The summed E-state index contributed by atoms with van der Waals surface area (Å²) in [6, 6.07) is -1.05. The molecular formula is C12H23N3O3. The Morgan fingerprint density at radius 2 is 1.83 bits per heavy atom. The van der Waals surface area contributed by atoms with Crippen LogP contribution >= 0.6 is 0 Å². The number of carbonyl (C=O) groups is 2. The number of rotatable bonds is 5. The van der Waals surface area contributed by atoms with Crippen LogP contribution < -0.4 is 5.32 Å². The number of nitrogens with one attached hydrogen (secondary N) is 1. The molecule has 1 rings (SSSR count). The first-order chi connectivity index (χ1) is 8.58. The molecule has 1 fully saturated rings. The van der Waals surface area contributed by atoms with Crippen LogP contribution in [-0.4, -0.2) is 65.7 Å². The fourth-order valence-electron chi connectivity index (χ4n) is 2.07. The Morgan fingerprint density at radius 1 is 1.22 bits per heavy atom. The molecule has 1 unspecified atom stereocenters. The van der Waals surface area contributed by atoms with E-state index in [0.29, 0.717) is 19.5 Å². The zero-order valence-corrected chi connectivity index (χ0v) is 11.2. The number of carbonyl (C=O) groups excluding carboxylic acids is 1. The summed E-state index contributed by atoms with van der Waals surface area (Å²) in [5.41, 5.74) is 0. The molecule has 18 heavy (non-hydrogen) atoms. The van der Waals surface area contributed by atoms with Crippen LogP contribution in [0.3, 0.4) is 0 Å². The van der Waals surface area contributed by atoms with E-state index >= 15 is 0 Å². The summed E-state index contributed by atoms with van der Waals surface area (Å²) in [4.78, 5) is 26.7. The van der Waals surface area contributed by atoms with Crippen LogP contribution in [0.15, 0.2) is 0 Å². The zero-order valence-electron chi connectivity index (χ0n) is 11.2. The standard InChI is InChI=1S/C12H23N3O3/c1-3-5-14-6-8-15(9-7-14)12(18)13-10(4-2)11(16)17/h10H,3-9H2,1-2H3,(H,13,18)(H,16,17). The maximum absolute atomic E-state index is 11.9. The molecule has 0 aliphatic carbocycles. The topological polar surface area (TPSA) is 72.9 Å². The van der Waals surface area contributed by atoms with Gasteiger partial charge in [0.2, 0.25) is 0 Å². The lowest BCUT2D eigenvalue weighted by molar-refractivity contribution is -0.139. The fraction of sp³-hybridized carbons (Fsp3) is 0.833. The van der Waals surface area contributed by atoms with E-state index in [0.717, 1.165) is 26.1 Å². The van der Waals surface area contributed by atoms with Gasteiger partial charge in [-0.2, -0.15) is 0 Å². The minimum absolute atomic E-state index is 0.264. The Kier molecular flexibility index (Phi) is 5.91. The van der Waals surface area contributed by atoms with Crippen molar-refractivity contribution in [1.29, 1.82) is 0 Å². The Morgan fingerprint density at radius 3 is 2.28 bits per heavy atom. The van der Waals surface area contributed by atoms with Crippen molar-refractivity contribution in [3.8, 4) is 0 Å². The molecule has 6 nitrogen and oxygen atoms in total. The molecule has 1 heterocycles. The highest BCUT2D eigenvalue weighted by Gasteiger charge is 2.24. The molecule has 1 aliphatic heterocycles.